The lowest BCUT2D eigenvalue weighted by Crippen LogP contribution is -2.26. The summed E-state index contributed by atoms with van der Waals surface area (Å²) in [5.41, 5.74) is 1.65. The molecular formula is C19H19ClN2O4. The Balaban J connectivity index is 1.61. The molecule has 1 aliphatic rings. The van der Waals surface area contributed by atoms with E-state index in [1.165, 1.54) is 7.11 Å². The van der Waals surface area contributed by atoms with E-state index in [-0.39, 0.29) is 11.8 Å². The Morgan fingerprint density at radius 2 is 1.85 bits per heavy atom. The fraction of sp³-hybridized carbons (Fsp3) is 0.263. The molecule has 0 aliphatic carbocycles. The SMILES string of the molecule is COc1ccc(NC(=O)c2ccc(NC(=O)[C@H]3CCCO3)cc2)cc1Cl. The number of benzene rings is 2. The quantitative estimate of drug-likeness (QED) is 0.836. The summed E-state index contributed by atoms with van der Waals surface area (Å²) in [6, 6.07) is 11.7. The van der Waals surface area contributed by atoms with Crippen LogP contribution in [0.3, 0.4) is 0 Å². The van der Waals surface area contributed by atoms with Gasteiger partial charge >= 0.3 is 0 Å². The van der Waals surface area contributed by atoms with Gasteiger partial charge in [-0.1, -0.05) is 11.6 Å². The molecule has 1 fully saturated rings. The highest BCUT2D eigenvalue weighted by molar-refractivity contribution is 6.32. The van der Waals surface area contributed by atoms with Crippen molar-refractivity contribution in [3.8, 4) is 5.75 Å². The maximum Gasteiger partial charge on any atom is 0.255 e. The first-order valence-corrected chi connectivity index (χ1v) is 8.62. The van der Waals surface area contributed by atoms with Crippen LogP contribution < -0.4 is 15.4 Å². The second kappa shape index (κ2) is 8.21. The minimum absolute atomic E-state index is 0.160. The third-order valence-electron chi connectivity index (χ3n) is 4.05. The minimum atomic E-state index is -0.391. The maximum atomic E-state index is 12.3. The molecule has 1 atom stereocenters. The van der Waals surface area contributed by atoms with Crippen LogP contribution in [0.15, 0.2) is 42.5 Å². The van der Waals surface area contributed by atoms with Gasteiger partial charge in [0, 0.05) is 23.5 Å². The Bertz CT molecular complexity index is 802. The number of hydrogen-bond donors (Lipinski definition) is 2. The summed E-state index contributed by atoms with van der Waals surface area (Å²) in [6.07, 6.45) is 1.24. The molecule has 0 aromatic heterocycles. The van der Waals surface area contributed by atoms with Crippen molar-refractivity contribution >= 4 is 34.8 Å². The van der Waals surface area contributed by atoms with Gasteiger partial charge in [-0.05, 0) is 55.3 Å². The first-order chi connectivity index (χ1) is 12.6. The predicted octanol–water partition coefficient (Wildman–Crippen LogP) is 3.72. The van der Waals surface area contributed by atoms with E-state index < -0.39 is 6.10 Å². The first-order valence-electron chi connectivity index (χ1n) is 8.24. The molecule has 1 aliphatic heterocycles. The van der Waals surface area contributed by atoms with Crippen LogP contribution >= 0.6 is 11.6 Å². The molecular weight excluding hydrogens is 356 g/mol. The molecule has 1 heterocycles. The van der Waals surface area contributed by atoms with Crippen molar-refractivity contribution in [2.24, 2.45) is 0 Å². The third kappa shape index (κ3) is 4.33. The number of carbonyl (C=O) groups is 2. The molecule has 0 radical (unpaired) electrons. The molecule has 0 saturated carbocycles. The van der Waals surface area contributed by atoms with E-state index in [4.69, 9.17) is 21.1 Å². The van der Waals surface area contributed by atoms with Gasteiger partial charge in [-0.2, -0.15) is 0 Å². The van der Waals surface area contributed by atoms with Crippen LogP contribution in [0.2, 0.25) is 5.02 Å². The maximum absolute atomic E-state index is 12.3. The molecule has 2 amide bonds. The zero-order valence-corrected chi connectivity index (χ0v) is 15.0. The number of hydrogen-bond acceptors (Lipinski definition) is 4. The van der Waals surface area contributed by atoms with E-state index in [2.05, 4.69) is 10.6 Å². The van der Waals surface area contributed by atoms with Crippen LogP contribution in [0, 0.1) is 0 Å². The van der Waals surface area contributed by atoms with E-state index in [0.29, 0.717) is 34.3 Å². The van der Waals surface area contributed by atoms with Gasteiger partial charge in [0.1, 0.15) is 11.9 Å². The van der Waals surface area contributed by atoms with Crippen LogP contribution in [0.25, 0.3) is 0 Å². The highest BCUT2D eigenvalue weighted by Gasteiger charge is 2.23. The standard InChI is InChI=1S/C19H19ClN2O4/c1-25-16-9-8-14(11-15(16)20)22-18(23)12-4-6-13(7-5-12)21-19(24)17-3-2-10-26-17/h4-9,11,17H,2-3,10H2,1H3,(H,21,24)(H,22,23)/t17-/m1/s1. The number of amides is 2. The molecule has 2 aromatic rings. The Hall–Kier alpha value is -2.57. The van der Waals surface area contributed by atoms with Gasteiger partial charge in [0.15, 0.2) is 0 Å². The summed E-state index contributed by atoms with van der Waals surface area (Å²) in [5, 5.41) is 5.98. The minimum Gasteiger partial charge on any atom is -0.495 e. The number of carbonyl (C=O) groups excluding carboxylic acids is 2. The van der Waals surface area contributed by atoms with Gasteiger partial charge in [-0.3, -0.25) is 9.59 Å². The zero-order chi connectivity index (χ0) is 18.5. The average molecular weight is 375 g/mol. The Morgan fingerprint density at radius 3 is 2.46 bits per heavy atom. The van der Waals surface area contributed by atoms with Gasteiger partial charge in [-0.25, -0.2) is 0 Å². The van der Waals surface area contributed by atoms with E-state index in [0.717, 1.165) is 12.8 Å². The molecule has 2 aromatic carbocycles. The number of halogens is 1. The van der Waals surface area contributed by atoms with E-state index in [1.807, 2.05) is 0 Å². The van der Waals surface area contributed by atoms with Gasteiger partial charge in [0.05, 0.1) is 12.1 Å². The van der Waals surface area contributed by atoms with Crippen molar-refractivity contribution in [2.45, 2.75) is 18.9 Å². The number of nitrogens with one attached hydrogen (secondary N) is 2. The van der Waals surface area contributed by atoms with Crippen molar-refractivity contribution < 1.29 is 19.1 Å². The first kappa shape index (κ1) is 18.2. The Kier molecular flexibility index (Phi) is 5.75. The molecule has 6 nitrogen and oxygen atoms in total. The lowest BCUT2D eigenvalue weighted by molar-refractivity contribution is -0.124. The largest absolute Gasteiger partial charge is 0.495 e. The van der Waals surface area contributed by atoms with Crippen molar-refractivity contribution in [2.75, 3.05) is 24.4 Å². The number of anilines is 2. The van der Waals surface area contributed by atoms with Crippen molar-refractivity contribution in [3.63, 3.8) is 0 Å². The van der Waals surface area contributed by atoms with Crippen LogP contribution in [0.5, 0.6) is 5.75 Å². The van der Waals surface area contributed by atoms with Crippen LogP contribution in [0.1, 0.15) is 23.2 Å². The molecule has 1 saturated heterocycles. The number of ether oxygens (including phenoxy) is 2. The second-order valence-electron chi connectivity index (χ2n) is 5.87. The lowest BCUT2D eigenvalue weighted by atomic mass is 10.1. The third-order valence-corrected chi connectivity index (χ3v) is 4.34. The van der Waals surface area contributed by atoms with Crippen molar-refractivity contribution in [1.82, 2.24) is 0 Å². The molecule has 26 heavy (non-hydrogen) atoms. The topological polar surface area (TPSA) is 76.7 Å². The summed E-state index contributed by atoms with van der Waals surface area (Å²) < 4.78 is 10.4. The van der Waals surface area contributed by atoms with Gasteiger partial charge < -0.3 is 20.1 Å². The van der Waals surface area contributed by atoms with Crippen molar-refractivity contribution in [1.29, 1.82) is 0 Å². The van der Waals surface area contributed by atoms with E-state index in [9.17, 15) is 9.59 Å². The molecule has 7 heteroatoms. The summed E-state index contributed by atoms with van der Waals surface area (Å²) in [5.74, 6) is 0.104. The average Bonchev–Trinajstić information content (AvgIpc) is 3.17. The van der Waals surface area contributed by atoms with E-state index >= 15 is 0 Å². The normalized spacial score (nSPS) is 16.2. The van der Waals surface area contributed by atoms with Crippen LogP contribution in [0.4, 0.5) is 11.4 Å². The second-order valence-corrected chi connectivity index (χ2v) is 6.28. The summed E-state index contributed by atoms with van der Waals surface area (Å²) in [6.45, 7) is 0.618. The summed E-state index contributed by atoms with van der Waals surface area (Å²) in [7, 11) is 1.53. The van der Waals surface area contributed by atoms with Gasteiger partial charge in [0.2, 0.25) is 0 Å². The molecule has 2 N–H and O–H groups in total. The molecule has 0 unspecified atom stereocenters. The molecule has 0 spiro atoms. The summed E-state index contributed by atoms with van der Waals surface area (Å²) in [4.78, 5) is 24.4. The highest BCUT2D eigenvalue weighted by Crippen LogP contribution is 2.27. The summed E-state index contributed by atoms with van der Waals surface area (Å²) >= 11 is 6.06. The predicted molar refractivity (Wildman–Crippen MR) is 100 cm³/mol. The van der Waals surface area contributed by atoms with E-state index in [1.54, 1.807) is 42.5 Å². The fourth-order valence-corrected chi connectivity index (χ4v) is 2.92. The highest BCUT2D eigenvalue weighted by atomic mass is 35.5. The Labute approximate surface area is 156 Å². The fourth-order valence-electron chi connectivity index (χ4n) is 2.66. The number of methoxy groups -OCH3 is 1. The van der Waals surface area contributed by atoms with Gasteiger partial charge in [0.25, 0.3) is 11.8 Å². The smallest absolute Gasteiger partial charge is 0.255 e. The van der Waals surface area contributed by atoms with Crippen LogP contribution in [-0.4, -0.2) is 31.6 Å². The van der Waals surface area contributed by atoms with Crippen LogP contribution in [-0.2, 0) is 9.53 Å². The lowest BCUT2D eigenvalue weighted by Gasteiger charge is -2.11. The monoisotopic (exact) mass is 374 g/mol. The van der Waals surface area contributed by atoms with Crippen molar-refractivity contribution in [3.05, 3.63) is 53.1 Å². The number of rotatable bonds is 5. The Morgan fingerprint density at radius 1 is 1.12 bits per heavy atom. The molecule has 0 bridgehead atoms. The zero-order valence-electron chi connectivity index (χ0n) is 14.3. The molecule has 136 valence electrons. The van der Waals surface area contributed by atoms with Gasteiger partial charge in [-0.15, -0.1) is 0 Å². The molecule has 3 rings (SSSR count).